The first kappa shape index (κ1) is 17.3. The van der Waals surface area contributed by atoms with Gasteiger partial charge in [-0.05, 0) is 32.0 Å². The molecular formula is C18H24N4O3. The minimum Gasteiger partial charge on any atom is -0.496 e. The lowest BCUT2D eigenvalue weighted by Crippen LogP contribution is -2.61. The Morgan fingerprint density at radius 1 is 1.32 bits per heavy atom. The van der Waals surface area contributed by atoms with Gasteiger partial charge < -0.3 is 20.4 Å². The van der Waals surface area contributed by atoms with Gasteiger partial charge in [-0.25, -0.2) is 0 Å². The van der Waals surface area contributed by atoms with Gasteiger partial charge >= 0.3 is 0 Å². The van der Waals surface area contributed by atoms with Crippen LogP contribution in [0.1, 0.15) is 24.3 Å². The van der Waals surface area contributed by atoms with Gasteiger partial charge in [-0.2, -0.15) is 0 Å². The zero-order valence-corrected chi connectivity index (χ0v) is 14.8. The zero-order valence-electron chi connectivity index (χ0n) is 14.8. The average molecular weight is 344 g/mol. The molecule has 1 fully saturated rings. The predicted molar refractivity (Wildman–Crippen MR) is 95.6 cm³/mol. The van der Waals surface area contributed by atoms with Crippen LogP contribution in [0.2, 0.25) is 0 Å². The Balaban J connectivity index is 1.85. The molecule has 0 bridgehead atoms. The molecule has 3 rings (SSSR count). The number of nitrogens with zero attached hydrogens (tertiary/aromatic N) is 2. The van der Waals surface area contributed by atoms with Crippen LogP contribution in [0.4, 0.5) is 0 Å². The number of carbonyl (C=O) groups is 2. The van der Waals surface area contributed by atoms with Crippen molar-refractivity contribution in [3.05, 3.63) is 30.0 Å². The van der Waals surface area contributed by atoms with Crippen molar-refractivity contribution >= 4 is 22.7 Å². The van der Waals surface area contributed by atoms with E-state index in [9.17, 15) is 9.59 Å². The smallest absolute Gasteiger partial charge is 0.270 e. The zero-order chi connectivity index (χ0) is 18.1. The summed E-state index contributed by atoms with van der Waals surface area (Å²) in [5, 5.41) is 0.862. The number of aromatic amines is 1. The van der Waals surface area contributed by atoms with Crippen LogP contribution in [0.3, 0.4) is 0 Å². The SMILES string of the molecule is COc1cccc2[nH]c(C(=O)N3CCN(C(C)C)C(C(N)=O)C3)cc12. The van der Waals surface area contributed by atoms with Crippen molar-refractivity contribution in [3.8, 4) is 5.75 Å². The van der Waals surface area contributed by atoms with Gasteiger partial charge in [0.05, 0.1) is 7.11 Å². The molecule has 2 aromatic rings. The highest BCUT2D eigenvalue weighted by Crippen LogP contribution is 2.27. The van der Waals surface area contributed by atoms with E-state index >= 15 is 0 Å². The second-order valence-electron chi connectivity index (χ2n) is 6.61. The number of rotatable bonds is 4. The van der Waals surface area contributed by atoms with Crippen LogP contribution in [-0.2, 0) is 4.79 Å². The Bertz CT molecular complexity index is 799. The maximum absolute atomic E-state index is 12.9. The summed E-state index contributed by atoms with van der Waals surface area (Å²) in [5.41, 5.74) is 6.88. The topological polar surface area (TPSA) is 91.7 Å². The van der Waals surface area contributed by atoms with Crippen molar-refractivity contribution in [3.63, 3.8) is 0 Å². The molecule has 25 heavy (non-hydrogen) atoms. The van der Waals surface area contributed by atoms with E-state index in [4.69, 9.17) is 10.5 Å². The van der Waals surface area contributed by atoms with Gasteiger partial charge in [0.15, 0.2) is 0 Å². The first-order valence-electron chi connectivity index (χ1n) is 8.42. The number of fused-ring (bicyclic) bond motifs is 1. The molecule has 0 spiro atoms. The number of aromatic nitrogens is 1. The highest BCUT2D eigenvalue weighted by molar-refractivity contribution is 6.00. The molecule has 7 heteroatoms. The molecule has 1 saturated heterocycles. The molecular weight excluding hydrogens is 320 g/mol. The van der Waals surface area contributed by atoms with Crippen LogP contribution in [0.25, 0.3) is 10.9 Å². The van der Waals surface area contributed by atoms with Gasteiger partial charge in [0.25, 0.3) is 5.91 Å². The Morgan fingerprint density at radius 3 is 2.72 bits per heavy atom. The molecule has 7 nitrogen and oxygen atoms in total. The third-order valence-electron chi connectivity index (χ3n) is 4.78. The number of hydrogen-bond acceptors (Lipinski definition) is 4. The molecule has 1 aliphatic rings. The third-order valence-corrected chi connectivity index (χ3v) is 4.78. The third kappa shape index (κ3) is 3.19. The highest BCUT2D eigenvalue weighted by atomic mass is 16.5. The summed E-state index contributed by atoms with van der Waals surface area (Å²) >= 11 is 0. The molecule has 1 unspecified atom stereocenters. The number of H-pyrrole nitrogens is 1. The van der Waals surface area contributed by atoms with Crippen molar-refractivity contribution < 1.29 is 14.3 Å². The number of methoxy groups -OCH3 is 1. The summed E-state index contributed by atoms with van der Waals surface area (Å²) in [6, 6.07) is 7.16. The summed E-state index contributed by atoms with van der Waals surface area (Å²) in [4.78, 5) is 31.6. The lowest BCUT2D eigenvalue weighted by atomic mass is 10.1. The Kier molecular flexibility index (Phi) is 4.67. The molecule has 3 N–H and O–H groups in total. The average Bonchev–Trinajstić information content (AvgIpc) is 3.04. The molecule has 0 aliphatic carbocycles. The molecule has 1 aromatic carbocycles. The molecule has 2 amide bonds. The number of primary amides is 1. The molecule has 0 radical (unpaired) electrons. The largest absolute Gasteiger partial charge is 0.496 e. The highest BCUT2D eigenvalue weighted by Gasteiger charge is 2.35. The van der Waals surface area contributed by atoms with Crippen LogP contribution in [0.5, 0.6) is 5.75 Å². The summed E-state index contributed by atoms with van der Waals surface area (Å²) in [6.07, 6.45) is 0. The van der Waals surface area contributed by atoms with Crippen molar-refractivity contribution in [1.29, 1.82) is 0 Å². The Morgan fingerprint density at radius 2 is 2.08 bits per heavy atom. The minimum absolute atomic E-state index is 0.132. The number of nitrogens with two attached hydrogens (primary N) is 1. The van der Waals surface area contributed by atoms with E-state index in [0.29, 0.717) is 31.1 Å². The number of piperazine rings is 1. The minimum atomic E-state index is -0.461. The van der Waals surface area contributed by atoms with E-state index in [2.05, 4.69) is 4.98 Å². The van der Waals surface area contributed by atoms with E-state index in [1.54, 1.807) is 18.1 Å². The van der Waals surface area contributed by atoms with E-state index in [0.717, 1.165) is 10.9 Å². The maximum atomic E-state index is 12.9. The normalized spacial score (nSPS) is 18.7. The van der Waals surface area contributed by atoms with E-state index in [-0.39, 0.29) is 11.9 Å². The fraction of sp³-hybridized carbons (Fsp3) is 0.444. The lowest BCUT2D eigenvalue weighted by Gasteiger charge is -2.41. The van der Waals surface area contributed by atoms with Crippen molar-refractivity contribution in [2.75, 3.05) is 26.7 Å². The predicted octanol–water partition coefficient (Wildman–Crippen LogP) is 1.20. The summed E-state index contributed by atoms with van der Waals surface area (Å²) in [5.74, 6) is 0.185. The Hall–Kier alpha value is -2.54. The summed E-state index contributed by atoms with van der Waals surface area (Å²) in [7, 11) is 1.60. The first-order valence-corrected chi connectivity index (χ1v) is 8.42. The monoisotopic (exact) mass is 344 g/mol. The molecule has 2 heterocycles. The quantitative estimate of drug-likeness (QED) is 0.872. The van der Waals surface area contributed by atoms with E-state index in [1.807, 2.05) is 36.9 Å². The molecule has 1 aliphatic heterocycles. The van der Waals surface area contributed by atoms with Gasteiger partial charge in [0.2, 0.25) is 5.91 Å². The number of nitrogens with one attached hydrogen (secondary N) is 1. The van der Waals surface area contributed by atoms with Gasteiger partial charge in [-0.3, -0.25) is 14.5 Å². The second-order valence-corrected chi connectivity index (χ2v) is 6.61. The fourth-order valence-electron chi connectivity index (χ4n) is 3.44. The summed E-state index contributed by atoms with van der Waals surface area (Å²) < 4.78 is 5.34. The van der Waals surface area contributed by atoms with Crippen LogP contribution in [-0.4, -0.2) is 65.4 Å². The van der Waals surface area contributed by atoms with E-state index < -0.39 is 11.9 Å². The number of carbonyl (C=O) groups excluding carboxylic acids is 2. The molecule has 0 saturated carbocycles. The summed E-state index contributed by atoms with van der Waals surface area (Å²) in [6.45, 7) is 5.54. The molecule has 1 aromatic heterocycles. The number of amides is 2. The molecule has 134 valence electrons. The van der Waals surface area contributed by atoms with E-state index in [1.165, 1.54) is 0 Å². The van der Waals surface area contributed by atoms with Gasteiger partial charge in [0.1, 0.15) is 17.5 Å². The molecule has 1 atom stereocenters. The van der Waals surface area contributed by atoms with Gasteiger partial charge in [0, 0.05) is 36.6 Å². The number of benzene rings is 1. The van der Waals surface area contributed by atoms with Crippen molar-refractivity contribution in [1.82, 2.24) is 14.8 Å². The lowest BCUT2D eigenvalue weighted by molar-refractivity contribution is -0.126. The van der Waals surface area contributed by atoms with Crippen molar-refractivity contribution in [2.24, 2.45) is 5.73 Å². The fourth-order valence-corrected chi connectivity index (χ4v) is 3.44. The van der Waals surface area contributed by atoms with Gasteiger partial charge in [-0.15, -0.1) is 0 Å². The second kappa shape index (κ2) is 6.76. The van der Waals surface area contributed by atoms with Crippen LogP contribution in [0, 0.1) is 0 Å². The Labute approximate surface area is 146 Å². The van der Waals surface area contributed by atoms with Crippen LogP contribution >= 0.6 is 0 Å². The van der Waals surface area contributed by atoms with Crippen LogP contribution < -0.4 is 10.5 Å². The maximum Gasteiger partial charge on any atom is 0.270 e. The van der Waals surface area contributed by atoms with Gasteiger partial charge in [-0.1, -0.05) is 6.07 Å². The first-order chi connectivity index (χ1) is 11.9. The van der Waals surface area contributed by atoms with Crippen LogP contribution in [0.15, 0.2) is 24.3 Å². The van der Waals surface area contributed by atoms with Crippen molar-refractivity contribution in [2.45, 2.75) is 25.9 Å². The standard InChI is InChI=1S/C18H24N4O3/c1-11(2)22-8-7-21(10-15(22)17(19)23)18(24)14-9-12-13(20-14)5-4-6-16(12)25-3/h4-6,9,11,15,20H,7-8,10H2,1-3H3,(H2,19,23). The number of hydrogen-bond donors (Lipinski definition) is 2. The number of ether oxygens (including phenoxy) is 1.